The van der Waals surface area contributed by atoms with Crippen LogP contribution in [0.2, 0.25) is 0 Å². The Morgan fingerprint density at radius 2 is 1.00 bits per heavy atom. The lowest BCUT2D eigenvalue weighted by atomic mass is 9.98. The highest BCUT2D eigenvalue weighted by atomic mass is 79.9. The summed E-state index contributed by atoms with van der Waals surface area (Å²) in [5, 5.41) is 11.3. The van der Waals surface area contributed by atoms with Crippen molar-refractivity contribution >= 4 is 55.1 Å². The molecule has 0 aliphatic carbocycles. The van der Waals surface area contributed by atoms with Crippen LogP contribution in [0.3, 0.4) is 0 Å². The lowest BCUT2D eigenvalue weighted by Gasteiger charge is -2.20. The maximum atomic E-state index is 13.8. The highest BCUT2D eigenvalue weighted by Gasteiger charge is 2.48. The average Bonchev–Trinajstić information content (AvgIpc) is 3.18. The minimum Gasteiger partial charge on any atom is -0.271 e. The zero-order valence-electron chi connectivity index (χ0n) is 20.9. The standard InChI is InChI=1S/2C13H14BrFN2O/c2*1-8(2)17-12(18)13(3,14)11(16-17)9-6-4-5-7-10(9)15/h2*4-8H,1-3H3. The van der Waals surface area contributed by atoms with Gasteiger partial charge in [0.1, 0.15) is 20.3 Å². The van der Waals surface area contributed by atoms with Crippen molar-refractivity contribution in [1.29, 1.82) is 0 Å². The maximum absolute atomic E-state index is 13.8. The van der Waals surface area contributed by atoms with E-state index >= 15 is 0 Å². The Morgan fingerprint density at radius 1 is 0.694 bits per heavy atom. The Balaban J connectivity index is 0.000000201. The molecule has 192 valence electrons. The monoisotopic (exact) mass is 624 g/mol. The number of nitrogens with zero attached hydrogens (tertiary/aromatic N) is 4. The van der Waals surface area contributed by atoms with Gasteiger partial charge in [-0.2, -0.15) is 10.2 Å². The highest BCUT2D eigenvalue weighted by molar-refractivity contribution is 9.10. The van der Waals surface area contributed by atoms with Crippen LogP contribution in [0.1, 0.15) is 52.7 Å². The lowest BCUT2D eigenvalue weighted by Crippen LogP contribution is -2.40. The summed E-state index contributed by atoms with van der Waals surface area (Å²) in [5.74, 6) is -1.09. The Bertz CT molecular complexity index is 1150. The van der Waals surface area contributed by atoms with Gasteiger partial charge in [0.2, 0.25) is 0 Å². The molecule has 2 heterocycles. The van der Waals surface area contributed by atoms with Gasteiger partial charge in [-0.05, 0) is 53.7 Å². The Kier molecular flexibility index (Phi) is 8.20. The Morgan fingerprint density at radius 3 is 1.25 bits per heavy atom. The molecule has 2 aliphatic heterocycles. The predicted molar refractivity (Wildman–Crippen MR) is 145 cm³/mol. The number of rotatable bonds is 4. The number of amides is 2. The van der Waals surface area contributed by atoms with Crippen LogP contribution in [0, 0.1) is 11.6 Å². The lowest BCUT2D eigenvalue weighted by molar-refractivity contribution is -0.132. The van der Waals surface area contributed by atoms with Crippen LogP contribution in [-0.4, -0.2) is 54.0 Å². The first kappa shape index (κ1) is 28.1. The summed E-state index contributed by atoms with van der Waals surface area (Å²) < 4.78 is 25.7. The molecule has 0 spiro atoms. The van der Waals surface area contributed by atoms with Crippen molar-refractivity contribution in [2.45, 2.75) is 62.3 Å². The Labute approximate surface area is 226 Å². The van der Waals surface area contributed by atoms with E-state index in [0.717, 1.165) is 0 Å². The summed E-state index contributed by atoms with van der Waals surface area (Å²) in [6, 6.07) is 12.6. The molecule has 0 aromatic heterocycles. The highest BCUT2D eigenvalue weighted by Crippen LogP contribution is 2.35. The number of hydrogen-bond acceptors (Lipinski definition) is 4. The van der Waals surface area contributed by atoms with Crippen LogP contribution < -0.4 is 0 Å². The van der Waals surface area contributed by atoms with Gasteiger partial charge in [-0.25, -0.2) is 18.8 Å². The second-order valence-electron chi connectivity index (χ2n) is 9.35. The van der Waals surface area contributed by atoms with Crippen LogP contribution in [-0.2, 0) is 9.59 Å². The molecule has 4 rings (SSSR count). The number of carbonyl (C=O) groups excluding carboxylic acids is 2. The van der Waals surface area contributed by atoms with Gasteiger partial charge < -0.3 is 0 Å². The average molecular weight is 626 g/mol. The first-order chi connectivity index (χ1) is 16.7. The molecule has 2 aliphatic rings. The van der Waals surface area contributed by atoms with Crippen LogP contribution in [0.5, 0.6) is 0 Å². The second kappa shape index (κ2) is 10.5. The van der Waals surface area contributed by atoms with Crippen LogP contribution in [0.25, 0.3) is 0 Å². The minimum absolute atomic E-state index is 0.0568. The molecule has 0 fully saturated rings. The van der Waals surface area contributed by atoms with Crippen LogP contribution in [0.4, 0.5) is 8.78 Å². The molecule has 0 saturated carbocycles. The topological polar surface area (TPSA) is 65.3 Å². The van der Waals surface area contributed by atoms with Crippen molar-refractivity contribution in [3.8, 4) is 0 Å². The van der Waals surface area contributed by atoms with Gasteiger partial charge in [-0.1, -0.05) is 68.3 Å². The molecule has 0 bridgehead atoms. The number of halogens is 4. The molecule has 2 amide bonds. The van der Waals surface area contributed by atoms with Crippen molar-refractivity contribution in [3.63, 3.8) is 0 Å². The number of carbonyl (C=O) groups is 2. The summed E-state index contributed by atoms with van der Waals surface area (Å²) in [5.41, 5.74) is 1.54. The Hall–Kier alpha value is -2.46. The predicted octanol–water partition coefficient (Wildman–Crippen LogP) is 5.87. The van der Waals surface area contributed by atoms with E-state index in [9.17, 15) is 18.4 Å². The van der Waals surface area contributed by atoms with Crippen molar-refractivity contribution in [3.05, 3.63) is 71.3 Å². The normalized spacial score (nSPS) is 23.8. The quantitative estimate of drug-likeness (QED) is 0.399. The molecule has 0 N–H and O–H groups in total. The van der Waals surface area contributed by atoms with Gasteiger partial charge in [-0.3, -0.25) is 9.59 Å². The summed E-state index contributed by atoms with van der Waals surface area (Å²) in [7, 11) is 0. The third kappa shape index (κ3) is 5.16. The van der Waals surface area contributed by atoms with Crippen LogP contribution >= 0.6 is 31.9 Å². The summed E-state index contributed by atoms with van der Waals surface area (Å²) in [6.07, 6.45) is 0. The van der Waals surface area contributed by atoms with Gasteiger partial charge in [0, 0.05) is 11.1 Å². The fraction of sp³-hybridized carbons (Fsp3) is 0.385. The molecule has 6 nitrogen and oxygen atoms in total. The van der Waals surface area contributed by atoms with E-state index in [4.69, 9.17) is 0 Å². The van der Waals surface area contributed by atoms with E-state index in [1.165, 1.54) is 22.2 Å². The molecule has 2 aromatic rings. The van der Waals surface area contributed by atoms with Crippen molar-refractivity contribution < 1.29 is 18.4 Å². The van der Waals surface area contributed by atoms with E-state index in [1.807, 2.05) is 27.7 Å². The number of hydrazone groups is 2. The maximum Gasteiger partial charge on any atom is 0.265 e. The van der Waals surface area contributed by atoms with Gasteiger partial charge in [0.05, 0.1) is 23.5 Å². The number of hydrogen-bond donors (Lipinski definition) is 0. The first-order valence-corrected chi connectivity index (χ1v) is 13.0. The van der Waals surface area contributed by atoms with Gasteiger partial charge >= 0.3 is 0 Å². The van der Waals surface area contributed by atoms with Gasteiger partial charge in [0.15, 0.2) is 0 Å². The van der Waals surface area contributed by atoms with E-state index in [0.29, 0.717) is 22.6 Å². The van der Waals surface area contributed by atoms with Gasteiger partial charge in [0.25, 0.3) is 11.8 Å². The zero-order valence-corrected chi connectivity index (χ0v) is 24.1. The van der Waals surface area contributed by atoms with Crippen molar-refractivity contribution in [2.24, 2.45) is 10.2 Å². The summed E-state index contributed by atoms with van der Waals surface area (Å²) in [6.45, 7) is 10.9. The summed E-state index contributed by atoms with van der Waals surface area (Å²) in [4.78, 5) is 24.4. The smallest absolute Gasteiger partial charge is 0.265 e. The molecule has 36 heavy (non-hydrogen) atoms. The van der Waals surface area contributed by atoms with Crippen LogP contribution in [0.15, 0.2) is 58.7 Å². The van der Waals surface area contributed by atoms with E-state index in [-0.39, 0.29) is 35.5 Å². The third-order valence-electron chi connectivity index (χ3n) is 5.76. The molecular formula is C26H28Br2F2N4O2. The van der Waals surface area contributed by atoms with E-state index in [1.54, 1.807) is 50.2 Å². The number of alkyl halides is 2. The number of benzene rings is 2. The fourth-order valence-electron chi connectivity index (χ4n) is 3.75. The third-order valence-corrected chi connectivity index (χ3v) is 7.19. The zero-order chi connectivity index (χ0) is 27.0. The van der Waals surface area contributed by atoms with Gasteiger partial charge in [-0.15, -0.1) is 0 Å². The van der Waals surface area contributed by atoms with E-state index in [2.05, 4.69) is 42.1 Å². The fourth-order valence-corrected chi connectivity index (χ4v) is 4.70. The molecule has 2 unspecified atom stereocenters. The minimum atomic E-state index is -0.973. The SMILES string of the molecule is CC(C)N1N=C(c2ccccc2F)C(C)(Br)C1=O.CC(C)N1N=C(c2ccccc2F)C(C)(Br)C1=O. The van der Waals surface area contributed by atoms with E-state index < -0.39 is 8.65 Å². The van der Waals surface area contributed by atoms with Crippen molar-refractivity contribution in [1.82, 2.24) is 10.0 Å². The molecule has 0 radical (unpaired) electrons. The molecule has 2 atom stereocenters. The first-order valence-electron chi connectivity index (χ1n) is 11.4. The molecule has 2 aromatic carbocycles. The molecule has 10 heteroatoms. The van der Waals surface area contributed by atoms with Crippen molar-refractivity contribution in [2.75, 3.05) is 0 Å². The largest absolute Gasteiger partial charge is 0.271 e. The second-order valence-corrected chi connectivity index (χ2v) is 12.5. The molecule has 0 saturated heterocycles. The molecular weight excluding hydrogens is 598 g/mol. The summed E-state index contributed by atoms with van der Waals surface area (Å²) >= 11 is 6.73.